The molecule has 0 bridgehead atoms. The second kappa shape index (κ2) is 8.76. The zero-order valence-corrected chi connectivity index (χ0v) is 15.5. The molecule has 1 aromatic carbocycles. The number of hydrogen-bond acceptors (Lipinski definition) is 4. The average molecular weight is 375 g/mol. The van der Waals surface area contributed by atoms with Crippen molar-refractivity contribution in [3.8, 4) is 5.75 Å². The molecule has 26 heavy (non-hydrogen) atoms. The number of anilines is 3. The molecule has 1 heterocycles. The van der Waals surface area contributed by atoms with Crippen molar-refractivity contribution in [2.24, 2.45) is 0 Å². The normalized spacial score (nSPS) is 14.5. The molecule has 2 aromatic rings. The first kappa shape index (κ1) is 18.3. The van der Waals surface area contributed by atoms with E-state index in [4.69, 9.17) is 16.3 Å². The lowest BCUT2D eigenvalue weighted by molar-refractivity contribution is 0.244. The first-order chi connectivity index (χ1) is 12.6. The van der Waals surface area contributed by atoms with Gasteiger partial charge in [-0.05, 0) is 43.2 Å². The highest BCUT2D eigenvalue weighted by Crippen LogP contribution is 2.30. The van der Waals surface area contributed by atoms with Crippen molar-refractivity contribution in [1.82, 2.24) is 10.3 Å². The summed E-state index contributed by atoms with van der Waals surface area (Å²) in [7, 11) is 1.60. The predicted molar refractivity (Wildman–Crippen MR) is 105 cm³/mol. The largest absolute Gasteiger partial charge is 0.495 e. The van der Waals surface area contributed by atoms with E-state index in [1.165, 1.54) is 19.3 Å². The topological polar surface area (TPSA) is 75.3 Å². The number of nitrogens with one attached hydrogen (secondary N) is 3. The maximum Gasteiger partial charge on any atom is 0.320 e. The number of carbonyl (C=O) groups excluding carboxylic acids is 1. The summed E-state index contributed by atoms with van der Waals surface area (Å²) in [6, 6.07) is 8.99. The second-order valence-corrected chi connectivity index (χ2v) is 6.77. The van der Waals surface area contributed by atoms with Gasteiger partial charge in [0.2, 0.25) is 0 Å². The lowest BCUT2D eigenvalue weighted by Crippen LogP contribution is -2.39. The number of rotatable bonds is 5. The third-order valence-corrected chi connectivity index (χ3v) is 4.62. The average Bonchev–Trinajstić information content (AvgIpc) is 2.64. The monoisotopic (exact) mass is 374 g/mol. The fourth-order valence-corrected chi connectivity index (χ4v) is 3.23. The number of aromatic nitrogens is 1. The minimum Gasteiger partial charge on any atom is -0.495 e. The summed E-state index contributed by atoms with van der Waals surface area (Å²) in [6.45, 7) is 0. The summed E-state index contributed by atoms with van der Waals surface area (Å²) in [5.41, 5.74) is 1.52. The number of carbonyl (C=O) groups is 1. The molecule has 6 nitrogen and oxygen atoms in total. The van der Waals surface area contributed by atoms with E-state index in [0.717, 1.165) is 24.2 Å². The number of halogens is 1. The minimum atomic E-state index is -0.207. The van der Waals surface area contributed by atoms with E-state index < -0.39 is 0 Å². The molecular weight excluding hydrogens is 352 g/mol. The Kier molecular flexibility index (Phi) is 6.17. The van der Waals surface area contributed by atoms with Crippen LogP contribution in [0.1, 0.15) is 32.1 Å². The SMILES string of the molecule is COc1ccc(Cl)cc1Nc1ccc(NC(=O)NC2CCCCC2)nc1. The Labute approximate surface area is 158 Å². The number of benzene rings is 1. The van der Waals surface area contributed by atoms with Gasteiger partial charge in [-0.2, -0.15) is 0 Å². The van der Waals surface area contributed by atoms with Crippen molar-refractivity contribution < 1.29 is 9.53 Å². The van der Waals surface area contributed by atoms with Gasteiger partial charge in [0.25, 0.3) is 0 Å². The van der Waals surface area contributed by atoms with Gasteiger partial charge in [-0.25, -0.2) is 9.78 Å². The lowest BCUT2D eigenvalue weighted by Gasteiger charge is -2.22. The molecular formula is C19H23ClN4O2. The van der Waals surface area contributed by atoms with E-state index in [2.05, 4.69) is 20.9 Å². The summed E-state index contributed by atoms with van der Waals surface area (Å²) in [5, 5.41) is 9.60. The number of methoxy groups -OCH3 is 1. The van der Waals surface area contributed by atoms with Crippen LogP contribution in [-0.2, 0) is 0 Å². The minimum absolute atomic E-state index is 0.207. The van der Waals surface area contributed by atoms with Gasteiger partial charge in [-0.3, -0.25) is 5.32 Å². The van der Waals surface area contributed by atoms with Gasteiger partial charge in [0, 0.05) is 11.1 Å². The zero-order chi connectivity index (χ0) is 18.4. The van der Waals surface area contributed by atoms with Gasteiger partial charge in [0.05, 0.1) is 24.7 Å². The molecule has 138 valence electrons. The van der Waals surface area contributed by atoms with Gasteiger partial charge >= 0.3 is 6.03 Å². The van der Waals surface area contributed by atoms with Crippen LogP contribution in [0.15, 0.2) is 36.5 Å². The molecule has 0 radical (unpaired) electrons. The molecule has 1 saturated carbocycles. The van der Waals surface area contributed by atoms with Crippen LogP contribution in [0.2, 0.25) is 5.02 Å². The number of amides is 2. The molecule has 3 N–H and O–H groups in total. The molecule has 0 saturated heterocycles. The van der Waals surface area contributed by atoms with Crippen molar-refractivity contribution in [1.29, 1.82) is 0 Å². The van der Waals surface area contributed by atoms with Gasteiger partial charge < -0.3 is 15.4 Å². The van der Waals surface area contributed by atoms with Crippen LogP contribution < -0.4 is 20.7 Å². The Balaban J connectivity index is 1.58. The molecule has 2 amide bonds. The van der Waals surface area contributed by atoms with E-state index in [-0.39, 0.29) is 12.1 Å². The molecule has 1 fully saturated rings. The Morgan fingerprint density at radius 1 is 1.19 bits per heavy atom. The Morgan fingerprint density at radius 3 is 2.69 bits per heavy atom. The number of pyridine rings is 1. The lowest BCUT2D eigenvalue weighted by atomic mass is 9.96. The highest BCUT2D eigenvalue weighted by atomic mass is 35.5. The Hall–Kier alpha value is -2.47. The van der Waals surface area contributed by atoms with E-state index in [1.807, 2.05) is 6.07 Å². The number of hydrogen-bond donors (Lipinski definition) is 3. The second-order valence-electron chi connectivity index (χ2n) is 6.34. The molecule has 0 unspecified atom stereocenters. The third-order valence-electron chi connectivity index (χ3n) is 4.39. The van der Waals surface area contributed by atoms with Crippen LogP contribution in [0.25, 0.3) is 0 Å². The fourth-order valence-electron chi connectivity index (χ4n) is 3.06. The first-order valence-electron chi connectivity index (χ1n) is 8.78. The van der Waals surface area contributed by atoms with Crippen LogP contribution in [-0.4, -0.2) is 24.2 Å². The summed E-state index contributed by atoms with van der Waals surface area (Å²) < 4.78 is 5.31. The van der Waals surface area contributed by atoms with Crippen LogP contribution >= 0.6 is 11.6 Å². The maximum absolute atomic E-state index is 12.1. The highest BCUT2D eigenvalue weighted by Gasteiger charge is 2.15. The van der Waals surface area contributed by atoms with Crippen molar-refractivity contribution in [2.75, 3.05) is 17.7 Å². The Morgan fingerprint density at radius 2 is 2.00 bits per heavy atom. The number of urea groups is 1. The Bertz CT molecular complexity index is 746. The summed E-state index contributed by atoms with van der Waals surface area (Å²) in [4.78, 5) is 16.3. The van der Waals surface area contributed by atoms with Gasteiger partial charge in [0.1, 0.15) is 11.6 Å². The molecule has 0 atom stereocenters. The smallest absolute Gasteiger partial charge is 0.320 e. The van der Waals surface area contributed by atoms with Crippen LogP contribution in [0.5, 0.6) is 5.75 Å². The molecule has 0 spiro atoms. The fraction of sp³-hybridized carbons (Fsp3) is 0.368. The van der Waals surface area contributed by atoms with Crippen LogP contribution in [0.3, 0.4) is 0 Å². The predicted octanol–water partition coefficient (Wildman–Crippen LogP) is 4.94. The third kappa shape index (κ3) is 5.02. The molecule has 0 aliphatic heterocycles. The maximum atomic E-state index is 12.1. The van der Waals surface area contributed by atoms with Gasteiger partial charge in [0.15, 0.2) is 0 Å². The zero-order valence-electron chi connectivity index (χ0n) is 14.7. The van der Waals surface area contributed by atoms with Crippen LogP contribution in [0.4, 0.5) is 22.0 Å². The van der Waals surface area contributed by atoms with Crippen LogP contribution in [0, 0.1) is 0 Å². The molecule has 1 aliphatic rings. The molecule has 1 aromatic heterocycles. The van der Waals surface area contributed by atoms with Crippen molar-refractivity contribution in [2.45, 2.75) is 38.1 Å². The number of nitrogens with zero attached hydrogens (tertiary/aromatic N) is 1. The van der Waals surface area contributed by atoms with Gasteiger partial charge in [-0.1, -0.05) is 30.9 Å². The van der Waals surface area contributed by atoms with Crippen molar-refractivity contribution >= 4 is 34.8 Å². The van der Waals surface area contributed by atoms with E-state index in [9.17, 15) is 4.79 Å². The summed E-state index contributed by atoms with van der Waals surface area (Å²) in [6.07, 6.45) is 7.35. The van der Waals surface area contributed by atoms with Crippen molar-refractivity contribution in [3.05, 3.63) is 41.6 Å². The number of ether oxygens (including phenoxy) is 1. The van der Waals surface area contributed by atoms with Gasteiger partial charge in [-0.15, -0.1) is 0 Å². The quantitative estimate of drug-likeness (QED) is 0.692. The standard InChI is InChI=1S/C19H23ClN4O2/c1-26-17-9-7-13(20)11-16(17)22-15-8-10-18(21-12-15)24-19(25)23-14-5-3-2-4-6-14/h7-12,14,22H,2-6H2,1H3,(H2,21,23,24,25). The van der Waals surface area contributed by atoms with Crippen molar-refractivity contribution in [3.63, 3.8) is 0 Å². The first-order valence-corrected chi connectivity index (χ1v) is 9.16. The summed E-state index contributed by atoms with van der Waals surface area (Å²) in [5.74, 6) is 1.19. The molecule has 7 heteroatoms. The van der Waals surface area contributed by atoms with E-state index in [1.54, 1.807) is 37.6 Å². The van der Waals surface area contributed by atoms with E-state index >= 15 is 0 Å². The highest BCUT2D eigenvalue weighted by molar-refractivity contribution is 6.31. The molecule has 3 rings (SSSR count). The van der Waals surface area contributed by atoms with E-state index in [0.29, 0.717) is 16.6 Å². The molecule has 1 aliphatic carbocycles. The summed E-state index contributed by atoms with van der Waals surface area (Å²) >= 11 is 6.04.